The summed E-state index contributed by atoms with van der Waals surface area (Å²) in [6.07, 6.45) is 0. The van der Waals surface area contributed by atoms with E-state index in [2.05, 4.69) is 20.2 Å². The van der Waals surface area contributed by atoms with Gasteiger partial charge in [-0.3, -0.25) is 9.69 Å². The van der Waals surface area contributed by atoms with Crippen LogP contribution in [0.5, 0.6) is 0 Å². The van der Waals surface area contributed by atoms with Gasteiger partial charge in [0.25, 0.3) is 5.22 Å². The van der Waals surface area contributed by atoms with Crippen LogP contribution in [0.1, 0.15) is 5.69 Å². The fraction of sp³-hybridized carbons (Fsp3) is 0.353. The van der Waals surface area contributed by atoms with E-state index in [0.29, 0.717) is 10.4 Å². The number of hydrogen-bond acceptors (Lipinski definition) is 8. The normalized spacial score (nSPS) is 15.4. The Labute approximate surface area is 158 Å². The van der Waals surface area contributed by atoms with Crippen molar-refractivity contribution in [2.45, 2.75) is 11.8 Å². The molecule has 2 aromatic heterocycles. The Hall–Kier alpha value is -1.94. The maximum Gasteiger partial charge on any atom is 0.257 e. The molecule has 1 N–H and O–H groups in total. The molecule has 0 spiro atoms. The van der Waals surface area contributed by atoms with Crippen LogP contribution in [-0.4, -0.2) is 52.8 Å². The monoisotopic (exact) mass is 390 g/mol. The predicted octanol–water partition coefficient (Wildman–Crippen LogP) is 2.85. The summed E-state index contributed by atoms with van der Waals surface area (Å²) in [6.45, 7) is 4.15. The van der Waals surface area contributed by atoms with Gasteiger partial charge in [-0.15, -0.1) is 11.3 Å². The van der Waals surface area contributed by atoms with Crippen LogP contribution in [0.15, 0.2) is 39.3 Å². The molecule has 9 heteroatoms. The maximum absolute atomic E-state index is 12.1. The van der Waals surface area contributed by atoms with Crippen LogP contribution in [0.25, 0.3) is 11.1 Å². The van der Waals surface area contributed by atoms with E-state index in [4.69, 9.17) is 9.15 Å². The molecule has 1 amide bonds. The number of hydrogen-bond donors (Lipinski definition) is 1. The molecule has 26 heavy (non-hydrogen) atoms. The molecule has 3 aromatic rings. The first-order valence-electron chi connectivity index (χ1n) is 8.29. The molecule has 7 nitrogen and oxygen atoms in total. The first-order valence-corrected chi connectivity index (χ1v) is 10.2. The van der Waals surface area contributed by atoms with Crippen LogP contribution in [-0.2, 0) is 16.1 Å². The number of nitrogens with zero attached hydrogens (tertiary/aromatic N) is 3. The highest BCUT2D eigenvalue weighted by Crippen LogP contribution is 2.23. The molecule has 1 aliphatic rings. The number of thioether (sulfide) groups is 1. The molecule has 3 heterocycles. The maximum atomic E-state index is 12.1. The second-order valence-corrected chi connectivity index (χ2v) is 7.60. The number of carbonyl (C=O) groups is 1. The van der Waals surface area contributed by atoms with Gasteiger partial charge in [0, 0.05) is 25.0 Å². The Morgan fingerprint density at radius 2 is 2.12 bits per heavy atom. The summed E-state index contributed by atoms with van der Waals surface area (Å²) >= 11 is 2.72. The number of thiazole rings is 1. The Bertz CT molecular complexity index is 856. The molecule has 1 saturated heterocycles. The number of para-hydroxylation sites is 2. The average Bonchev–Trinajstić information content (AvgIpc) is 3.27. The lowest BCUT2D eigenvalue weighted by atomic mass is 10.3. The van der Waals surface area contributed by atoms with Crippen molar-refractivity contribution in [3.05, 3.63) is 35.3 Å². The van der Waals surface area contributed by atoms with Gasteiger partial charge in [-0.25, -0.2) is 9.97 Å². The van der Waals surface area contributed by atoms with E-state index in [1.165, 1.54) is 23.1 Å². The zero-order valence-electron chi connectivity index (χ0n) is 14.0. The van der Waals surface area contributed by atoms with Crippen LogP contribution in [0.4, 0.5) is 5.13 Å². The van der Waals surface area contributed by atoms with Crippen molar-refractivity contribution in [1.29, 1.82) is 0 Å². The van der Waals surface area contributed by atoms with E-state index in [9.17, 15) is 4.79 Å². The second kappa shape index (κ2) is 8.17. The van der Waals surface area contributed by atoms with Gasteiger partial charge in [-0.05, 0) is 12.1 Å². The SMILES string of the molecule is O=C(CSc1nc2ccccc2o1)Nc1nc(CN2CCOCC2)cs1. The van der Waals surface area contributed by atoms with Crippen molar-refractivity contribution >= 4 is 45.2 Å². The summed E-state index contributed by atoms with van der Waals surface area (Å²) in [5.41, 5.74) is 2.49. The third kappa shape index (κ3) is 4.42. The molecule has 4 rings (SSSR count). The van der Waals surface area contributed by atoms with Crippen molar-refractivity contribution in [2.24, 2.45) is 0 Å². The minimum absolute atomic E-state index is 0.121. The fourth-order valence-corrected chi connectivity index (χ4v) is 3.98. The van der Waals surface area contributed by atoms with Crippen molar-refractivity contribution in [2.75, 3.05) is 37.4 Å². The highest BCUT2D eigenvalue weighted by atomic mass is 32.2. The Balaban J connectivity index is 1.27. The van der Waals surface area contributed by atoms with E-state index in [1.54, 1.807) is 0 Å². The van der Waals surface area contributed by atoms with Gasteiger partial charge in [0.1, 0.15) is 5.52 Å². The summed E-state index contributed by atoms with van der Waals surface area (Å²) in [6, 6.07) is 7.54. The Morgan fingerprint density at radius 3 is 2.96 bits per heavy atom. The first kappa shape index (κ1) is 17.5. The fourth-order valence-electron chi connectivity index (χ4n) is 2.62. The van der Waals surface area contributed by atoms with Crippen LogP contribution < -0.4 is 5.32 Å². The number of rotatable bonds is 6. The number of morpholine rings is 1. The van der Waals surface area contributed by atoms with Crippen molar-refractivity contribution in [3.8, 4) is 0 Å². The lowest BCUT2D eigenvalue weighted by molar-refractivity contribution is -0.113. The van der Waals surface area contributed by atoms with Crippen LogP contribution in [0.3, 0.4) is 0 Å². The molecule has 0 saturated carbocycles. The number of aromatic nitrogens is 2. The van der Waals surface area contributed by atoms with Gasteiger partial charge in [-0.1, -0.05) is 23.9 Å². The molecular weight excluding hydrogens is 372 g/mol. The average molecular weight is 390 g/mol. The molecule has 0 bridgehead atoms. The molecule has 1 fully saturated rings. The molecule has 136 valence electrons. The van der Waals surface area contributed by atoms with Gasteiger partial charge in [0.15, 0.2) is 10.7 Å². The highest BCUT2D eigenvalue weighted by Gasteiger charge is 2.14. The van der Waals surface area contributed by atoms with E-state index >= 15 is 0 Å². The van der Waals surface area contributed by atoms with E-state index in [0.717, 1.165) is 49.6 Å². The van der Waals surface area contributed by atoms with Crippen molar-refractivity contribution in [3.63, 3.8) is 0 Å². The summed E-state index contributed by atoms with van der Waals surface area (Å²) < 4.78 is 10.9. The lowest BCUT2D eigenvalue weighted by Gasteiger charge is -2.25. The zero-order chi connectivity index (χ0) is 17.8. The summed E-state index contributed by atoms with van der Waals surface area (Å²) in [5.74, 6) is 0.107. The topological polar surface area (TPSA) is 80.5 Å². The third-order valence-corrected chi connectivity index (χ3v) is 5.52. The van der Waals surface area contributed by atoms with Gasteiger partial charge in [-0.2, -0.15) is 0 Å². The first-order chi connectivity index (χ1) is 12.8. The van der Waals surface area contributed by atoms with E-state index < -0.39 is 0 Å². The molecule has 0 unspecified atom stereocenters. The summed E-state index contributed by atoms with van der Waals surface area (Å²) in [4.78, 5) is 23.3. The molecular formula is C17H18N4O3S2. The lowest BCUT2D eigenvalue weighted by Crippen LogP contribution is -2.35. The smallest absolute Gasteiger partial charge is 0.257 e. The van der Waals surface area contributed by atoms with Gasteiger partial charge >= 0.3 is 0 Å². The minimum atomic E-state index is -0.121. The second-order valence-electron chi connectivity index (χ2n) is 5.82. The van der Waals surface area contributed by atoms with Gasteiger partial charge < -0.3 is 14.5 Å². The highest BCUT2D eigenvalue weighted by molar-refractivity contribution is 7.99. The van der Waals surface area contributed by atoms with Crippen LogP contribution in [0.2, 0.25) is 0 Å². The number of anilines is 1. The van der Waals surface area contributed by atoms with E-state index in [1.807, 2.05) is 29.6 Å². The molecule has 0 aliphatic carbocycles. The minimum Gasteiger partial charge on any atom is -0.431 e. The largest absolute Gasteiger partial charge is 0.431 e. The number of nitrogens with one attached hydrogen (secondary N) is 1. The predicted molar refractivity (Wildman–Crippen MR) is 102 cm³/mol. The number of fused-ring (bicyclic) bond motifs is 1. The van der Waals surface area contributed by atoms with Crippen LogP contribution in [0, 0.1) is 0 Å². The Kier molecular flexibility index (Phi) is 5.49. The molecule has 0 atom stereocenters. The number of ether oxygens (including phenoxy) is 1. The Morgan fingerprint density at radius 1 is 1.27 bits per heavy atom. The van der Waals surface area contributed by atoms with Crippen molar-refractivity contribution in [1.82, 2.24) is 14.9 Å². The number of carbonyl (C=O) groups excluding carboxylic acids is 1. The third-order valence-electron chi connectivity index (χ3n) is 3.89. The molecule has 1 aromatic carbocycles. The van der Waals surface area contributed by atoms with Gasteiger partial charge in [0.2, 0.25) is 5.91 Å². The van der Waals surface area contributed by atoms with Crippen molar-refractivity contribution < 1.29 is 13.9 Å². The zero-order valence-corrected chi connectivity index (χ0v) is 15.6. The quantitative estimate of drug-likeness (QED) is 0.648. The standard InChI is InChI=1S/C17H18N4O3S2/c22-15(11-26-17-19-13-3-1-2-4-14(13)24-17)20-16-18-12(10-25-16)9-21-5-7-23-8-6-21/h1-4,10H,5-9,11H2,(H,18,20,22). The summed E-state index contributed by atoms with van der Waals surface area (Å²) in [7, 11) is 0. The van der Waals surface area contributed by atoms with E-state index in [-0.39, 0.29) is 11.7 Å². The molecule has 0 radical (unpaired) electrons. The number of oxazole rings is 1. The molecule has 1 aliphatic heterocycles. The number of benzene rings is 1. The summed E-state index contributed by atoms with van der Waals surface area (Å²) in [5, 5.41) is 5.94. The number of amides is 1. The van der Waals surface area contributed by atoms with Crippen LogP contribution >= 0.6 is 23.1 Å². The van der Waals surface area contributed by atoms with Gasteiger partial charge in [0.05, 0.1) is 24.7 Å².